The van der Waals surface area contributed by atoms with Gasteiger partial charge in [-0.2, -0.15) is 0 Å². The molecule has 0 saturated heterocycles. The topological polar surface area (TPSA) is 45.7 Å². The molecule has 2 rings (SSSR count). The predicted octanol–water partition coefficient (Wildman–Crippen LogP) is 4.09. The number of nitrogens with one attached hydrogen (secondary N) is 2. The summed E-state index contributed by atoms with van der Waals surface area (Å²) >= 11 is 0. The maximum absolute atomic E-state index is 5.27. The Morgan fingerprint density at radius 1 is 1.17 bits per heavy atom. The Labute approximate surface area is 163 Å². The third-order valence-corrected chi connectivity index (χ3v) is 4.97. The minimum absolute atomic E-state index is 0. The van der Waals surface area contributed by atoms with E-state index in [1.54, 1.807) is 7.11 Å². The number of hydrogen-bond acceptors (Lipinski definition) is 2. The van der Waals surface area contributed by atoms with E-state index in [4.69, 9.17) is 9.73 Å². The molecular formula is C19H32IN3O. The SMILES string of the molecule is CCNC(=NCc1ccccc1COC)NCC1(CC)CCC1.I. The van der Waals surface area contributed by atoms with Crippen molar-refractivity contribution in [1.82, 2.24) is 10.6 Å². The van der Waals surface area contributed by atoms with Crippen LogP contribution in [0.2, 0.25) is 0 Å². The summed E-state index contributed by atoms with van der Waals surface area (Å²) in [5.74, 6) is 0.916. The lowest BCUT2D eigenvalue weighted by Gasteiger charge is -2.41. The summed E-state index contributed by atoms with van der Waals surface area (Å²) in [4.78, 5) is 4.76. The first-order valence-electron chi connectivity index (χ1n) is 8.81. The van der Waals surface area contributed by atoms with Crippen molar-refractivity contribution < 1.29 is 4.74 Å². The highest BCUT2D eigenvalue weighted by Crippen LogP contribution is 2.42. The zero-order chi connectivity index (χ0) is 16.5. The standard InChI is InChI=1S/C19H31N3O.HI/c1-4-19(11-8-12-19)15-22-18(20-5-2)21-13-16-9-6-7-10-17(16)14-23-3;/h6-7,9-10H,4-5,8,11-15H2,1-3H3,(H2,20,21,22);1H. The Kier molecular flexibility index (Phi) is 9.66. The van der Waals surface area contributed by atoms with Crippen molar-refractivity contribution >= 4 is 29.9 Å². The molecule has 1 saturated carbocycles. The van der Waals surface area contributed by atoms with E-state index in [1.807, 2.05) is 6.07 Å². The van der Waals surface area contributed by atoms with Crippen LogP contribution in [-0.2, 0) is 17.9 Å². The zero-order valence-electron chi connectivity index (χ0n) is 15.2. The van der Waals surface area contributed by atoms with E-state index in [0.29, 0.717) is 18.6 Å². The van der Waals surface area contributed by atoms with Crippen LogP contribution in [-0.4, -0.2) is 26.2 Å². The van der Waals surface area contributed by atoms with Gasteiger partial charge < -0.3 is 15.4 Å². The van der Waals surface area contributed by atoms with Gasteiger partial charge in [0.2, 0.25) is 0 Å². The van der Waals surface area contributed by atoms with Crippen molar-refractivity contribution in [2.45, 2.75) is 52.7 Å². The van der Waals surface area contributed by atoms with Gasteiger partial charge in [0.05, 0.1) is 13.2 Å². The third kappa shape index (κ3) is 5.92. The van der Waals surface area contributed by atoms with Gasteiger partial charge in [0.1, 0.15) is 0 Å². The molecule has 0 bridgehead atoms. The molecule has 1 aromatic carbocycles. The molecule has 0 aliphatic heterocycles. The molecule has 5 heteroatoms. The maximum Gasteiger partial charge on any atom is 0.191 e. The molecule has 0 unspecified atom stereocenters. The lowest BCUT2D eigenvalue weighted by atomic mass is 9.67. The van der Waals surface area contributed by atoms with Crippen molar-refractivity contribution in [3.8, 4) is 0 Å². The van der Waals surface area contributed by atoms with Gasteiger partial charge >= 0.3 is 0 Å². The molecule has 0 amide bonds. The summed E-state index contributed by atoms with van der Waals surface area (Å²) in [6.45, 7) is 7.61. The van der Waals surface area contributed by atoms with E-state index < -0.39 is 0 Å². The molecule has 24 heavy (non-hydrogen) atoms. The Balaban J connectivity index is 0.00000288. The Morgan fingerprint density at radius 2 is 1.88 bits per heavy atom. The number of ether oxygens (including phenoxy) is 1. The average molecular weight is 445 g/mol. The fraction of sp³-hybridized carbons (Fsp3) is 0.632. The first kappa shape index (κ1) is 21.2. The predicted molar refractivity (Wildman–Crippen MR) is 112 cm³/mol. The van der Waals surface area contributed by atoms with Crippen LogP contribution in [0.4, 0.5) is 0 Å². The number of hydrogen-bond donors (Lipinski definition) is 2. The molecule has 2 N–H and O–H groups in total. The van der Waals surface area contributed by atoms with E-state index in [1.165, 1.54) is 36.8 Å². The summed E-state index contributed by atoms with van der Waals surface area (Å²) in [5, 5.41) is 6.90. The quantitative estimate of drug-likeness (QED) is 0.360. The van der Waals surface area contributed by atoms with Gasteiger partial charge in [-0.15, -0.1) is 24.0 Å². The molecule has 4 nitrogen and oxygen atoms in total. The van der Waals surface area contributed by atoms with Crippen LogP contribution in [0, 0.1) is 5.41 Å². The molecule has 0 atom stereocenters. The second kappa shape index (κ2) is 10.9. The van der Waals surface area contributed by atoms with E-state index in [0.717, 1.165) is 19.0 Å². The smallest absolute Gasteiger partial charge is 0.191 e. The van der Waals surface area contributed by atoms with Crippen LogP contribution in [0.25, 0.3) is 0 Å². The van der Waals surface area contributed by atoms with Crippen molar-refractivity contribution in [2.75, 3.05) is 20.2 Å². The maximum atomic E-state index is 5.27. The van der Waals surface area contributed by atoms with Crippen LogP contribution in [0.3, 0.4) is 0 Å². The zero-order valence-corrected chi connectivity index (χ0v) is 17.6. The Bertz CT molecular complexity index is 510. The van der Waals surface area contributed by atoms with Gasteiger partial charge in [-0.25, -0.2) is 4.99 Å². The molecule has 0 spiro atoms. The van der Waals surface area contributed by atoms with Gasteiger partial charge in [-0.05, 0) is 42.7 Å². The highest BCUT2D eigenvalue weighted by molar-refractivity contribution is 14.0. The van der Waals surface area contributed by atoms with Gasteiger partial charge in [-0.1, -0.05) is 37.6 Å². The van der Waals surface area contributed by atoms with Gasteiger partial charge in [0.25, 0.3) is 0 Å². The number of rotatable bonds is 8. The van der Waals surface area contributed by atoms with Gasteiger partial charge in [0.15, 0.2) is 5.96 Å². The third-order valence-electron chi connectivity index (χ3n) is 4.97. The van der Waals surface area contributed by atoms with E-state index >= 15 is 0 Å². The summed E-state index contributed by atoms with van der Waals surface area (Å²) in [6.07, 6.45) is 5.29. The van der Waals surface area contributed by atoms with Crippen molar-refractivity contribution in [3.05, 3.63) is 35.4 Å². The summed E-state index contributed by atoms with van der Waals surface area (Å²) in [7, 11) is 1.73. The lowest BCUT2D eigenvalue weighted by Crippen LogP contribution is -2.46. The number of nitrogens with zero attached hydrogens (tertiary/aromatic N) is 1. The molecule has 0 heterocycles. The number of methoxy groups -OCH3 is 1. The molecular weight excluding hydrogens is 413 g/mol. The highest BCUT2D eigenvalue weighted by Gasteiger charge is 2.34. The fourth-order valence-electron chi connectivity index (χ4n) is 3.12. The Hall–Kier alpha value is -0.820. The molecule has 136 valence electrons. The number of halogens is 1. The molecule has 1 aliphatic carbocycles. The molecule has 1 aliphatic rings. The van der Waals surface area contributed by atoms with E-state index in [2.05, 4.69) is 42.7 Å². The van der Waals surface area contributed by atoms with Crippen molar-refractivity contribution in [2.24, 2.45) is 10.4 Å². The highest BCUT2D eigenvalue weighted by atomic mass is 127. The monoisotopic (exact) mass is 445 g/mol. The van der Waals surface area contributed by atoms with Crippen LogP contribution < -0.4 is 10.6 Å². The average Bonchev–Trinajstić information content (AvgIpc) is 2.53. The van der Waals surface area contributed by atoms with Crippen LogP contribution in [0.5, 0.6) is 0 Å². The number of guanidine groups is 1. The molecule has 1 aromatic rings. The normalized spacial score (nSPS) is 16.0. The fourth-order valence-corrected chi connectivity index (χ4v) is 3.12. The van der Waals surface area contributed by atoms with Gasteiger partial charge in [0, 0.05) is 20.2 Å². The second-order valence-electron chi connectivity index (χ2n) is 6.46. The van der Waals surface area contributed by atoms with E-state index in [-0.39, 0.29) is 24.0 Å². The first-order valence-corrected chi connectivity index (χ1v) is 8.81. The van der Waals surface area contributed by atoms with Crippen molar-refractivity contribution in [3.63, 3.8) is 0 Å². The summed E-state index contributed by atoms with van der Waals surface area (Å²) in [5.41, 5.74) is 2.92. The minimum atomic E-state index is 0. The van der Waals surface area contributed by atoms with Crippen LogP contribution in [0.15, 0.2) is 29.3 Å². The number of benzene rings is 1. The van der Waals surface area contributed by atoms with Crippen LogP contribution >= 0.6 is 24.0 Å². The van der Waals surface area contributed by atoms with Crippen LogP contribution in [0.1, 0.15) is 50.7 Å². The minimum Gasteiger partial charge on any atom is -0.380 e. The molecule has 1 fully saturated rings. The molecule has 0 aromatic heterocycles. The second-order valence-corrected chi connectivity index (χ2v) is 6.46. The number of aliphatic imine (C=N–C) groups is 1. The van der Waals surface area contributed by atoms with Crippen molar-refractivity contribution in [1.29, 1.82) is 0 Å². The Morgan fingerprint density at radius 3 is 2.42 bits per heavy atom. The first-order chi connectivity index (χ1) is 11.2. The summed E-state index contributed by atoms with van der Waals surface area (Å²) < 4.78 is 5.27. The molecule has 0 radical (unpaired) electrons. The van der Waals surface area contributed by atoms with Gasteiger partial charge in [-0.3, -0.25) is 0 Å². The lowest BCUT2D eigenvalue weighted by molar-refractivity contribution is 0.131. The van der Waals surface area contributed by atoms with E-state index in [9.17, 15) is 0 Å². The largest absolute Gasteiger partial charge is 0.380 e. The summed E-state index contributed by atoms with van der Waals surface area (Å²) in [6, 6.07) is 8.34.